The van der Waals surface area contributed by atoms with Gasteiger partial charge in [0, 0.05) is 18.2 Å². The largest absolute Gasteiger partial charge is 0.321 e. The summed E-state index contributed by atoms with van der Waals surface area (Å²) in [5.41, 5.74) is 3.89. The minimum absolute atomic E-state index is 0.000725. The van der Waals surface area contributed by atoms with Gasteiger partial charge in [0.05, 0.1) is 17.1 Å². The molecule has 2 heterocycles. The lowest BCUT2D eigenvalue weighted by Crippen LogP contribution is -2.40. The van der Waals surface area contributed by atoms with Crippen LogP contribution in [-0.4, -0.2) is 36.1 Å². The number of nitrogens with one attached hydrogen (secondary N) is 1. The summed E-state index contributed by atoms with van der Waals surface area (Å²) in [5, 5.41) is 14.1. The van der Waals surface area contributed by atoms with Gasteiger partial charge in [0.25, 0.3) is 5.56 Å². The molecule has 1 aliphatic carbocycles. The molecule has 1 saturated carbocycles. The van der Waals surface area contributed by atoms with E-state index in [1.54, 1.807) is 0 Å². The quantitative estimate of drug-likeness (QED) is 0.512. The number of aromatic amines is 1. The number of rotatable bonds is 8. The Kier molecular flexibility index (Phi) is 6.71. The van der Waals surface area contributed by atoms with Crippen LogP contribution in [0.15, 0.2) is 23.0 Å². The molecule has 0 unspecified atom stereocenters. The van der Waals surface area contributed by atoms with Gasteiger partial charge in [-0.1, -0.05) is 38.3 Å². The molecule has 1 aromatic carbocycles. The van der Waals surface area contributed by atoms with Gasteiger partial charge in [0.1, 0.15) is 0 Å². The third kappa shape index (κ3) is 4.60. The van der Waals surface area contributed by atoms with Crippen molar-refractivity contribution in [2.24, 2.45) is 0 Å². The lowest BCUT2D eigenvalue weighted by molar-refractivity contribution is 0.106. The lowest BCUT2D eigenvalue weighted by Gasteiger charge is -2.36. The second-order valence-electron chi connectivity index (χ2n) is 10.3. The van der Waals surface area contributed by atoms with E-state index in [4.69, 9.17) is 0 Å². The first-order valence-electron chi connectivity index (χ1n) is 12.4. The van der Waals surface area contributed by atoms with Gasteiger partial charge < -0.3 is 4.98 Å². The zero-order valence-corrected chi connectivity index (χ0v) is 21.0. The van der Waals surface area contributed by atoms with Crippen molar-refractivity contribution in [3.8, 4) is 0 Å². The zero-order valence-electron chi connectivity index (χ0n) is 21.0. The van der Waals surface area contributed by atoms with E-state index in [-0.39, 0.29) is 17.1 Å². The average molecular weight is 451 g/mol. The van der Waals surface area contributed by atoms with Crippen LogP contribution in [0.1, 0.15) is 94.8 Å². The predicted molar refractivity (Wildman–Crippen MR) is 132 cm³/mol. The SMILES string of the molecule is CC[C@H](c1nnnn1C(C)(C)CC)N(Cc1cc2cc(C)cc(C)c2[nH]c1=O)C1CCCC1. The Hall–Kier alpha value is -2.54. The highest BCUT2D eigenvalue weighted by Crippen LogP contribution is 2.35. The highest BCUT2D eigenvalue weighted by Gasteiger charge is 2.35. The van der Waals surface area contributed by atoms with Crippen molar-refractivity contribution in [1.29, 1.82) is 0 Å². The number of aromatic nitrogens is 5. The molecule has 0 saturated heterocycles. The van der Waals surface area contributed by atoms with Crippen LogP contribution in [0.25, 0.3) is 10.9 Å². The molecule has 33 heavy (non-hydrogen) atoms. The summed E-state index contributed by atoms with van der Waals surface area (Å²) in [7, 11) is 0. The minimum atomic E-state index is -0.164. The highest BCUT2D eigenvalue weighted by atomic mass is 16.1. The number of aryl methyl sites for hydroxylation is 2. The predicted octanol–water partition coefficient (Wildman–Crippen LogP) is 5.17. The number of nitrogens with zero attached hydrogens (tertiary/aromatic N) is 5. The number of fused-ring (bicyclic) bond motifs is 1. The molecule has 1 aliphatic rings. The number of pyridine rings is 1. The maximum atomic E-state index is 13.2. The van der Waals surface area contributed by atoms with Crippen LogP contribution in [-0.2, 0) is 12.1 Å². The first-order chi connectivity index (χ1) is 15.7. The summed E-state index contributed by atoms with van der Waals surface area (Å²) in [6.45, 7) is 13.5. The summed E-state index contributed by atoms with van der Waals surface area (Å²) in [5.74, 6) is 0.903. The second kappa shape index (κ2) is 9.37. The Balaban J connectivity index is 1.77. The van der Waals surface area contributed by atoms with E-state index in [1.807, 2.05) is 4.68 Å². The number of H-pyrrole nitrogens is 1. The maximum absolute atomic E-state index is 13.2. The van der Waals surface area contributed by atoms with Gasteiger partial charge in [0.2, 0.25) is 0 Å². The van der Waals surface area contributed by atoms with Crippen molar-refractivity contribution in [2.45, 2.75) is 104 Å². The normalized spacial score (nSPS) is 16.2. The van der Waals surface area contributed by atoms with E-state index in [0.717, 1.165) is 53.5 Å². The monoisotopic (exact) mass is 450 g/mol. The molecule has 0 radical (unpaired) electrons. The molecule has 178 valence electrons. The van der Waals surface area contributed by atoms with E-state index < -0.39 is 0 Å². The van der Waals surface area contributed by atoms with Gasteiger partial charge in [-0.3, -0.25) is 9.69 Å². The molecule has 1 fully saturated rings. The van der Waals surface area contributed by atoms with E-state index in [9.17, 15) is 4.79 Å². The summed E-state index contributed by atoms with van der Waals surface area (Å²) in [6.07, 6.45) is 6.59. The molecule has 0 aliphatic heterocycles. The number of benzene rings is 1. The molecule has 2 aromatic heterocycles. The Bertz CT molecular complexity index is 1170. The Morgan fingerprint density at radius 3 is 2.58 bits per heavy atom. The molecular weight excluding hydrogens is 412 g/mol. The van der Waals surface area contributed by atoms with E-state index in [2.05, 4.69) is 85.2 Å². The van der Waals surface area contributed by atoms with E-state index in [1.165, 1.54) is 18.4 Å². The van der Waals surface area contributed by atoms with Crippen LogP contribution in [0.2, 0.25) is 0 Å². The van der Waals surface area contributed by atoms with Crippen molar-refractivity contribution in [1.82, 2.24) is 30.1 Å². The Morgan fingerprint density at radius 1 is 1.18 bits per heavy atom. The van der Waals surface area contributed by atoms with Crippen molar-refractivity contribution >= 4 is 10.9 Å². The van der Waals surface area contributed by atoms with Crippen LogP contribution < -0.4 is 5.56 Å². The molecule has 7 nitrogen and oxygen atoms in total. The van der Waals surface area contributed by atoms with Gasteiger partial charge in [0.15, 0.2) is 5.82 Å². The third-order valence-corrected chi connectivity index (χ3v) is 7.53. The molecule has 0 bridgehead atoms. The Morgan fingerprint density at radius 2 is 1.91 bits per heavy atom. The first-order valence-corrected chi connectivity index (χ1v) is 12.4. The molecule has 0 amide bonds. The van der Waals surface area contributed by atoms with Gasteiger partial charge in [-0.25, -0.2) is 4.68 Å². The summed E-state index contributed by atoms with van der Waals surface area (Å²) < 4.78 is 2.00. The molecule has 3 aromatic rings. The fraction of sp³-hybridized carbons (Fsp3) is 0.615. The van der Waals surface area contributed by atoms with Gasteiger partial charge in [-0.2, -0.15) is 0 Å². The molecule has 7 heteroatoms. The first kappa shape index (κ1) is 23.6. The number of tetrazole rings is 1. The third-order valence-electron chi connectivity index (χ3n) is 7.53. The van der Waals surface area contributed by atoms with Crippen molar-refractivity contribution in [3.05, 3.63) is 51.1 Å². The van der Waals surface area contributed by atoms with Gasteiger partial charge in [-0.05, 0) is 86.9 Å². The molecule has 1 N–H and O–H groups in total. The fourth-order valence-electron chi connectivity index (χ4n) is 5.32. The van der Waals surface area contributed by atoms with E-state index in [0.29, 0.717) is 12.6 Å². The number of hydrogen-bond donors (Lipinski definition) is 1. The molecule has 0 spiro atoms. The summed E-state index contributed by atoms with van der Waals surface area (Å²) in [4.78, 5) is 18.8. The van der Waals surface area contributed by atoms with E-state index >= 15 is 0 Å². The topological polar surface area (TPSA) is 79.7 Å². The van der Waals surface area contributed by atoms with Crippen molar-refractivity contribution in [3.63, 3.8) is 0 Å². The minimum Gasteiger partial charge on any atom is -0.321 e. The molecule has 4 rings (SSSR count). The van der Waals surface area contributed by atoms with Crippen molar-refractivity contribution < 1.29 is 0 Å². The highest BCUT2D eigenvalue weighted by molar-refractivity contribution is 5.82. The van der Waals surface area contributed by atoms with Crippen LogP contribution in [0.5, 0.6) is 0 Å². The van der Waals surface area contributed by atoms with Gasteiger partial charge in [-0.15, -0.1) is 5.10 Å². The lowest BCUT2D eigenvalue weighted by atomic mass is 10.00. The van der Waals surface area contributed by atoms with Crippen LogP contribution >= 0.6 is 0 Å². The average Bonchev–Trinajstić information content (AvgIpc) is 3.47. The van der Waals surface area contributed by atoms with Crippen LogP contribution in [0, 0.1) is 13.8 Å². The summed E-state index contributed by atoms with van der Waals surface area (Å²) in [6, 6.07) is 6.85. The smallest absolute Gasteiger partial charge is 0.252 e. The van der Waals surface area contributed by atoms with Gasteiger partial charge >= 0.3 is 0 Å². The molecule has 1 atom stereocenters. The zero-order chi connectivity index (χ0) is 23.8. The Labute approximate surface area is 196 Å². The standard InChI is InChI=1S/C26H38N6O/c1-7-22(24-28-29-30-32(24)26(5,6)8-2)31(21-11-9-10-12-21)16-20-15-19-14-17(3)13-18(4)23(19)27-25(20)33/h13-15,21-22H,7-12,16H2,1-6H3,(H,27,33)/t22-/m1/s1. The summed E-state index contributed by atoms with van der Waals surface area (Å²) >= 11 is 0. The van der Waals surface area contributed by atoms with Crippen LogP contribution in [0.3, 0.4) is 0 Å². The molecular formula is C26H38N6O. The fourth-order valence-corrected chi connectivity index (χ4v) is 5.32. The van der Waals surface area contributed by atoms with Crippen LogP contribution in [0.4, 0.5) is 0 Å². The maximum Gasteiger partial charge on any atom is 0.252 e. The number of hydrogen-bond acceptors (Lipinski definition) is 5. The second-order valence-corrected chi connectivity index (χ2v) is 10.3. The van der Waals surface area contributed by atoms with Crippen molar-refractivity contribution in [2.75, 3.05) is 0 Å².